The van der Waals surface area contributed by atoms with Crippen LogP contribution in [0, 0.1) is 5.92 Å². The van der Waals surface area contributed by atoms with Crippen molar-refractivity contribution >= 4 is 27.7 Å². The fourth-order valence-electron chi connectivity index (χ4n) is 2.24. The van der Waals surface area contributed by atoms with Crippen LogP contribution in [0.1, 0.15) is 34.1 Å². The minimum absolute atomic E-state index is 0.0381. The van der Waals surface area contributed by atoms with Crippen LogP contribution < -0.4 is 5.32 Å². The molecule has 1 N–H and O–H groups in total. The Balaban J connectivity index is 3.12. The van der Waals surface area contributed by atoms with Crippen molar-refractivity contribution in [3.8, 4) is 0 Å². The monoisotopic (exact) mass is 316 g/mol. The maximum absolute atomic E-state index is 12.5. The second kappa shape index (κ2) is 5.43. The van der Waals surface area contributed by atoms with Crippen molar-refractivity contribution in [2.45, 2.75) is 45.7 Å². The van der Waals surface area contributed by atoms with E-state index in [1.165, 1.54) is 0 Å². The first-order chi connectivity index (χ1) is 8.23. The van der Waals surface area contributed by atoms with Gasteiger partial charge in [0.1, 0.15) is 11.6 Å². The summed E-state index contributed by atoms with van der Waals surface area (Å²) in [7, 11) is 0. The van der Waals surface area contributed by atoms with E-state index >= 15 is 0 Å². The molecule has 2 unspecified atom stereocenters. The number of hydrogen-bond donors (Lipinski definition) is 1. The summed E-state index contributed by atoms with van der Waals surface area (Å²) in [4.78, 5) is 26.4. The molecule has 0 aliphatic carbocycles. The first-order valence-corrected chi connectivity index (χ1v) is 6.98. The highest BCUT2D eigenvalue weighted by Crippen LogP contribution is 2.26. The molecule has 0 aromatic carbocycles. The number of hydrogen-bond acceptors (Lipinski definition) is 2. The largest absolute Gasteiger partial charge is 0.340 e. The van der Waals surface area contributed by atoms with Gasteiger partial charge in [0, 0.05) is 4.48 Å². The smallest absolute Gasteiger partial charge is 0.249 e. The Kier molecular flexibility index (Phi) is 4.59. The van der Waals surface area contributed by atoms with Crippen molar-refractivity contribution in [1.29, 1.82) is 0 Å². The number of halogens is 1. The maximum atomic E-state index is 12.5. The summed E-state index contributed by atoms with van der Waals surface area (Å²) in [6, 6.07) is -0.425. The van der Waals surface area contributed by atoms with Crippen LogP contribution in [0.2, 0.25) is 0 Å². The van der Waals surface area contributed by atoms with E-state index < -0.39 is 11.6 Å². The molecule has 102 valence electrons. The standard InChI is InChI=1S/C13H21BrN2O2/c1-6-13(5)12(18)16(7-9(4)14)10(8(2)3)11(17)15-13/h8,10H,4,6-7H2,1-3,5H3,(H,15,17). The Hall–Kier alpha value is -0.840. The molecule has 1 rings (SSSR count). The fourth-order valence-corrected chi connectivity index (χ4v) is 2.51. The lowest BCUT2D eigenvalue weighted by molar-refractivity contribution is -0.155. The predicted molar refractivity (Wildman–Crippen MR) is 75.2 cm³/mol. The Labute approximate surface area is 117 Å². The van der Waals surface area contributed by atoms with Crippen molar-refractivity contribution in [3.05, 3.63) is 11.1 Å². The summed E-state index contributed by atoms with van der Waals surface area (Å²) in [6.07, 6.45) is 0.577. The van der Waals surface area contributed by atoms with Crippen LogP contribution in [0.15, 0.2) is 11.1 Å². The van der Waals surface area contributed by atoms with Gasteiger partial charge in [0.2, 0.25) is 11.8 Å². The molecule has 2 atom stereocenters. The van der Waals surface area contributed by atoms with E-state index in [1.54, 1.807) is 11.8 Å². The van der Waals surface area contributed by atoms with Crippen molar-refractivity contribution in [3.63, 3.8) is 0 Å². The Morgan fingerprint density at radius 1 is 1.56 bits per heavy atom. The molecule has 0 aromatic rings. The number of amides is 2. The molecule has 1 aliphatic heterocycles. The van der Waals surface area contributed by atoms with E-state index in [9.17, 15) is 9.59 Å². The van der Waals surface area contributed by atoms with Gasteiger partial charge in [-0.25, -0.2) is 0 Å². The molecule has 1 saturated heterocycles. The third-order valence-electron chi connectivity index (χ3n) is 3.42. The molecule has 0 radical (unpaired) electrons. The molecule has 4 nitrogen and oxygen atoms in total. The lowest BCUT2D eigenvalue weighted by Crippen LogP contribution is -2.70. The van der Waals surface area contributed by atoms with Gasteiger partial charge in [-0.1, -0.05) is 43.3 Å². The molecule has 1 aliphatic rings. The molecule has 5 heteroatoms. The lowest BCUT2D eigenvalue weighted by atomic mass is 9.88. The predicted octanol–water partition coefficient (Wildman–Crippen LogP) is 2.05. The summed E-state index contributed by atoms with van der Waals surface area (Å²) in [5.41, 5.74) is -0.801. The summed E-state index contributed by atoms with van der Waals surface area (Å²) < 4.78 is 0.703. The van der Waals surface area contributed by atoms with Gasteiger partial charge in [0.15, 0.2) is 0 Å². The minimum atomic E-state index is -0.801. The Bertz CT molecular complexity index is 381. The number of nitrogens with one attached hydrogen (secondary N) is 1. The number of carbonyl (C=O) groups is 2. The van der Waals surface area contributed by atoms with Gasteiger partial charge in [-0.3, -0.25) is 9.59 Å². The number of carbonyl (C=O) groups excluding carboxylic acids is 2. The summed E-state index contributed by atoms with van der Waals surface area (Å²) in [5, 5.41) is 2.85. The zero-order valence-electron chi connectivity index (χ0n) is 11.4. The summed E-state index contributed by atoms with van der Waals surface area (Å²) in [6.45, 7) is 11.7. The van der Waals surface area contributed by atoms with E-state index in [2.05, 4.69) is 27.8 Å². The SMILES string of the molecule is C=C(Br)CN1C(=O)C(C)(CC)NC(=O)C1C(C)C. The van der Waals surface area contributed by atoms with Crippen LogP contribution in [-0.4, -0.2) is 34.8 Å². The summed E-state index contributed by atoms with van der Waals surface area (Å²) >= 11 is 3.27. The topological polar surface area (TPSA) is 49.4 Å². The first kappa shape index (κ1) is 15.2. The van der Waals surface area contributed by atoms with Gasteiger partial charge in [0.05, 0.1) is 6.54 Å². The molecule has 1 heterocycles. The zero-order valence-corrected chi connectivity index (χ0v) is 13.0. The van der Waals surface area contributed by atoms with E-state index in [0.717, 1.165) is 0 Å². The van der Waals surface area contributed by atoms with Crippen molar-refractivity contribution in [2.75, 3.05) is 6.54 Å². The highest BCUT2D eigenvalue weighted by Gasteiger charge is 2.47. The minimum Gasteiger partial charge on any atom is -0.340 e. The van der Waals surface area contributed by atoms with Gasteiger partial charge < -0.3 is 10.2 Å². The highest BCUT2D eigenvalue weighted by molar-refractivity contribution is 9.11. The third-order valence-corrected chi connectivity index (χ3v) is 3.67. The van der Waals surface area contributed by atoms with Gasteiger partial charge in [0.25, 0.3) is 0 Å². The van der Waals surface area contributed by atoms with Gasteiger partial charge in [-0.05, 0) is 19.3 Å². The molecule has 18 heavy (non-hydrogen) atoms. The number of piperazine rings is 1. The molecule has 0 saturated carbocycles. The average Bonchev–Trinajstić information content (AvgIpc) is 2.24. The van der Waals surface area contributed by atoms with E-state index in [4.69, 9.17) is 0 Å². The molecule has 1 fully saturated rings. The molecular weight excluding hydrogens is 296 g/mol. The van der Waals surface area contributed by atoms with E-state index in [-0.39, 0.29) is 17.7 Å². The molecular formula is C13H21BrN2O2. The molecule has 0 aromatic heterocycles. The van der Waals surface area contributed by atoms with Crippen molar-refractivity contribution in [1.82, 2.24) is 10.2 Å². The van der Waals surface area contributed by atoms with Crippen molar-refractivity contribution in [2.24, 2.45) is 5.92 Å². The quantitative estimate of drug-likeness (QED) is 0.863. The second-order valence-electron chi connectivity index (χ2n) is 5.31. The third kappa shape index (κ3) is 2.76. The second-order valence-corrected chi connectivity index (χ2v) is 6.44. The summed E-state index contributed by atoms with van der Waals surface area (Å²) in [5.74, 6) is -0.0474. The van der Waals surface area contributed by atoms with Crippen LogP contribution in [0.5, 0.6) is 0 Å². The highest BCUT2D eigenvalue weighted by atomic mass is 79.9. The van der Waals surface area contributed by atoms with Gasteiger partial charge >= 0.3 is 0 Å². The van der Waals surface area contributed by atoms with Gasteiger partial charge in [-0.15, -0.1) is 0 Å². The van der Waals surface area contributed by atoms with Crippen LogP contribution in [0.3, 0.4) is 0 Å². The van der Waals surface area contributed by atoms with Crippen LogP contribution in [0.25, 0.3) is 0 Å². The van der Waals surface area contributed by atoms with Crippen molar-refractivity contribution < 1.29 is 9.59 Å². The Morgan fingerprint density at radius 2 is 2.11 bits per heavy atom. The fraction of sp³-hybridized carbons (Fsp3) is 0.692. The Morgan fingerprint density at radius 3 is 2.50 bits per heavy atom. The molecule has 0 spiro atoms. The number of nitrogens with zero attached hydrogens (tertiary/aromatic N) is 1. The average molecular weight is 317 g/mol. The van der Waals surface area contributed by atoms with Gasteiger partial charge in [-0.2, -0.15) is 0 Å². The number of rotatable bonds is 4. The lowest BCUT2D eigenvalue weighted by Gasteiger charge is -2.45. The van der Waals surface area contributed by atoms with E-state index in [1.807, 2.05) is 20.8 Å². The van der Waals surface area contributed by atoms with Crippen LogP contribution in [0.4, 0.5) is 0 Å². The molecule has 2 amide bonds. The van der Waals surface area contributed by atoms with E-state index in [0.29, 0.717) is 17.4 Å². The van der Waals surface area contributed by atoms with Crippen LogP contribution >= 0.6 is 15.9 Å². The maximum Gasteiger partial charge on any atom is 0.249 e. The van der Waals surface area contributed by atoms with Crippen LogP contribution in [-0.2, 0) is 9.59 Å². The zero-order chi connectivity index (χ0) is 14.1. The molecule has 0 bridgehead atoms. The first-order valence-electron chi connectivity index (χ1n) is 6.19. The normalized spacial score (nSPS) is 28.6.